The predicted molar refractivity (Wildman–Crippen MR) is 87.4 cm³/mol. The molecule has 0 fully saturated rings. The first-order valence-corrected chi connectivity index (χ1v) is 8.21. The Balaban J connectivity index is 3.10. The number of ether oxygens (including phenoxy) is 1. The summed E-state index contributed by atoms with van der Waals surface area (Å²) in [6.07, 6.45) is -0.428. The van der Waals surface area contributed by atoms with Crippen LogP contribution in [0.3, 0.4) is 0 Å². The highest BCUT2D eigenvalue weighted by Crippen LogP contribution is 2.30. The van der Waals surface area contributed by atoms with Gasteiger partial charge in [-0.05, 0) is 19.0 Å². The smallest absolute Gasteiger partial charge is 0.331 e. The van der Waals surface area contributed by atoms with Crippen LogP contribution in [-0.2, 0) is 15.1 Å². The first-order valence-electron chi connectivity index (χ1n) is 7.16. The third-order valence-corrected chi connectivity index (χ3v) is 5.04. The van der Waals surface area contributed by atoms with Gasteiger partial charge in [0.1, 0.15) is 0 Å². The third-order valence-electron chi connectivity index (χ3n) is 3.52. The van der Waals surface area contributed by atoms with Crippen LogP contribution in [0.1, 0.15) is 26.3 Å². The highest BCUT2D eigenvalue weighted by molar-refractivity contribution is 8.00. The molecule has 0 aliphatic heterocycles. The van der Waals surface area contributed by atoms with Crippen molar-refractivity contribution in [2.75, 3.05) is 19.4 Å². The van der Waals surface area contributed by atoms with Crippen LogP contribution in [0.15, 0.2) is 30.3 Å². The Morgan fingerprint density at radius 2 is 2.00 bits per heavy atom. The monoisotopic (exact) mass is 311 g/mol. The number of thioether (sulfide) groups is 1. The minimum atomic E-state index is -0.890. The molecule has 0 saturated heterocycles. The highest BCUT2D eigenvalue weighted by atomic mass is 32.2. The van der Waals surface area contributed by atoms with E-state index in [9.17, 15) is 9.90 Å². The lowest BCUT2D eigenvalue weighted by molar-refractivity contribution is -0.148. The number of likely N-dealkylation sites (N-methyl/N-ethyl adjacent to an activating group) is 1. The minimum absolute atomic E-state index is 0.0383. The average Bonchev–Trinajstić information content (AvgIpc) is 2.51. The molecule has 1 rings (SSSR count). The molecule has 2 N–H and O–H groups in total. The lowest BCUT2D eigenvalue weighted by Crippen LogP contribution is -2.52. The van der Waals surface area contributed by atoms with Gasteiger partial charge in [0.05, 0.1) is 13.2 Å². The van der Waals surface area contributed by atoms with Crippen molar-refractivity contribution in [3.8, 4) is 0 Å². The Bertz CT molecular complexity index is 438. The number of carbonyl (C=O) groups is 1. The second kappa shape index (κ2) is 8.41. The minimum Gasteiger partial charge on any atom is -0.467 e. The van der Waals surface area contributed by atoms with E-state index in [1.54, 1.807) is 18.7 Å². The van der Waals surface area contributed by atoms with Gasteiger partial charge < -0.3 is 9.84 Å². The van der Waals surface area contributed by atoms with Crippen molar-refractivity contribution in [2.45, 2.75) is 37.7 Å². The maximum absolute atomic E-state index is 12.4. The van der Waals surface area contributed by atoms with Crippen molar-refractivity contribution in [1.82, 2.24) is 5.32 Å². The molecule has 5 heteroatoms. The van der Waals surface area contributed by atoms with E-state index in [0.29, 0.717) is 12.3 Å². The van der Waals surface area contributed by atoms with Gasteiger partial charge in [-0.2, -0.15) is 11.8 Å². The second-order valence-electron chi connectivity index (χ2n) is 5.05. The van der Waals surface area contributed by atoms with Gasteiger partial charge in [0.25, 0.3) is 0 Å². The molecule has 0 aliphatic rings. The molecule has 1 aromatic rings. The fourth-order valence-electron chi connectivity index (χ4n) is 2.08. The van der Waals surface area contributed by atoms with Gasteiger partial charge in [-0.15, -0.1) is 0 Å². The van der Waals surface area contributed by atoms with Crippen LogP contribution in [-0.4, -0.2) is 41.8 Å². The number of nitrogens with one attached hydrogen (secondary N) is 1. The number of carbonyl (C=O) groups excluding carboxylic acids is 1. The Morgan fingerprint density at radius 1 is 1.38 bits per heavy atom. The van der Waals surface area contributed by atoms with Crippen molar-refractivity contribution < 1.29 is 14.6 Å². The number of aliphatic hydroxyl groups excluding tert-OH is 1. The van der Waals surface area contributed by atoms with Crippen LogP contribution >= 0.6 is 11.8 Å². The normalized spacial score (nSPS) is 16.8. The van der Waals surface area contributed by atoms with Gasteiger partial charge in [0.2, 0.25) is 0 Å². The molecule has 4 nitrogen and oxygen atoms in total. The quantitative estimate of drug-likeness (QED) is 0.721. The summed E-state index contributed by atoms with van der Waals surface area (Å²) in [6, 6.07) is 9.59. The Labute approximate surface area is 131 Å². The Morgan fingerprint density at radius 3 is 2.48 bits per heavy atom. The summed E-state index contributed by atoms with van der Waals surface area (Å²) >= 11 is 1.56. The largest absolute Gasteiger partial charge is 0.467 e. The topological polar surface area (TPSA) is 58.6 Å². The number of methoxy groups -OCH3 is 1. The molecule has 3 atom stereocenters. The van der Waals surface area contributed by atoms with E-state index in [1.165, 1.54) is 7.11 Å². The molecule has 1 aromatic carbocycles. The summed E-state index contributed by atoms with van der Waals surface area (Å²) in [5.41, 5.74) is -0.0116. The number of benzene rings is 1. The van der Waals surface area contributed by atoms with Crippen molar-refractivity contribution >= 4 is 17.7 Å². The Kier molecular flexibility index (Phi) is 7.22. The second-order valence-corrected chi connectivity index (χ2v) is 6.42. The summed E-state index contributed by atoms with van der Waals surface area (Å²) in [5, 5.41) is 13.0. The van der Waals surface area contributed by atoms with Gasteiger partial charge in [-0.3, -0.25) is 5.32 Å². The summed E-state index contributed by atoms with van der Waals surface area (Å²) in [7, 11) is 1.40. The van der Waals surface area contributed by atoms with Gasteiger partial charge in [0.15, 0.2) is 5.54 Å². The molecule has 0 spiro atoms. The van der Waals surface area contributed by atoms with Crippen molar-refractivity contribution in [3.05, 3.63) is 35.9 Å². The summed E-state index contributed by atoms with van der Waals surface area (Å²) in [4.78, 5) is 12.4. The molecular weight excluding hydrogens is 286 g/mol. The molecule has 21 heavy (non-hydrogen) atoms. The van der Waals surface area contributed by atoms with Crippen LogP contribution in [0.4, 0.5) is 0 Å². The molecule has 0 heterocycles. The lowest BCUT2D eigenvalue weighted by atomic mass is 9.91. The number of aliphatic hydroxyl groups is 1. The predicted octanol–water partition coefficient (Wildman–Crippen LogP) is 2.17. The first kappa shape index (κ1) is 18.0. The summed E-state index contributed by atoms with van der Waals surface area (Å²) in [5.74, 6) is 0.199. The number of hydrogen-bond donors (Lipinski definition) is 2. The van der Waals surface area contributed by atoms with E-state index >= 15 is 0 Å². The fourth-order valence-corrected chi connectivity index (χ4v) is 3.26. The molecule has 0 saturated carbocycles. The fraction of sp³-hybridized carbons (Fsp3) is 0.562. The number of esters is 1. The van der Waals surface area contributed by atoms with E-state index in [1.807, 2.05) is 44.2 Å². The summed E-state index contributed by atoms with van der Waals surface area (Å²) in [6.45, 7) is 6.32. The molecular formula is C16H25NO3S. The van der Waals surface area contributed by atoms with Gasteiger partial charge in [0, 0.05) is 11.0 Å². The lowest BCUT2D eigenvalue weighted by Gasteiger charge is -2.33. The highest BCUT2D eigenvalue weighted by Gasteiger charge is 2.41. The number of rotatable bonds is 8. The maximum atomic E-state index is 12.4. The van der Waals surface area contributed by atoms with Gasteiger partial charge in [-0.25, -0.2) is 4.79 Å². The molecule has 0 aromatic heterocycles. The first-order chi connectivity index (χ1) is 9.97. The van der Waals surface area contributed by atoms with Gasteiger partial charge in [-0.1, -0.05) is 44.2 Å². The van der Waals surface area contributed by atoms with Crippen LogP contribution in [0.2, 0.25) is 0 Å². The SMILES string of the molecule is CCNC(CSC(C)C(C)O)(C(=O)OC)c1ccccc1. The maximum Gasteiger partial charge on any atom is 0.331 e. The average molecular weight is 311 g/mol. The van der Waals surface area contributed by atoms with Crippen LogP contribution < -0.4 is 5.32 Å². The molecule has 0 aliphatic carbocycles. The zero-order chi connectivity index (χ0) is 15.9. The summed E-state index contributed by atoms with van der Waals surface area (Å²) < 4.78 is 5.04. The molecule has 0 radical (unpaired) electrons. The van der Waals surface area contributed by atoms with E-state index < -0.39 is 11.6 Å². The molecule has 3 unspecified atom stereocenters. The molecule has 0 bridgehead atoms. The van der Waals surface area contributed by atoms with Crippen molar-refractivity contribution in [3.63, 3.8) is 0 Å². The van der Waals surface area contributed by atoms with E-state index in [4.69, 9.17) is 4.74 Å². The van der Waals surface area contributed by atoms with Crippen LogP contribution in [0, 0.1) is 0 Å². The Hall–Kier alpha value is -1.04. The van der Waals surface area contributed by atoms with Crippen molar-refractivity contribution in [2.24, 2.45) is 0 Å². The van der Waals surface area contributed by atoms with Crippen molar-refractivity contribution in [1.29, 1.82) is 0 Å². The van der Waals surface area contributed by atoms with E-state index in [-0.39, 0.29) is 11.2 Å². The van der Waals surface area contributed by atoms with Gasteiger partial charge >= 0.3 is 5.97 Å². The van der Waals surface area contributed by atoms with Crippen LogP contribution in [0.25, 0.3) is 0 Å². The van der Waals surface area contributed by atoms with Crippen LogP contribution in [0.5, 0.6) is 0 Å². The third kappa shape index (κ3) is 4.46. The molecule has 0 amide bonds. The number of hydrogen-bond acceptors (Lipinski definition) is 5. The standard InChI is InChI=1S/C16H25NO3S/c1-5-17-16(15(19)20-4,11-21-13(3)12(2)18)14-9-7-6-8-10-14/h6-10,12-13,17-18H,5,11H2,1-4H3. The zero-order valence-electron chi connectivity index (χ0n) is 13.1. The van der Waals surface area contributed by atoms with E-state index in [0.717, 1.165) is 5.56 Å². The molecule has 118 valence electrons. The zero-order valence-corrected chi connectivity index (χ0v) is 13.9. The van der Waals surface area contributed by atoms with E-state index in [2.05, 4.69) is 5.32 Å².